The Morgan fingerprint density at radius 2 is 1.83 bits per heavy atom. The first kappa shape index (κ1) is 16.0. The zero-order valence-electron chi connectivity index (χ0n) is 13.4. The summed E-state index contributed by atoms with van der Waals surface area (Å²) in [6.07, 6.45) is 2.64. The van der Waals surface area contributed by atoms with Crippen molar-refractivity contribution in [2.45, 2.75) is 19.4 Å². The van der Waals surface area contributed by atoms with Gasteiger partial charge in [0, 0.05) is 17.7 Å². The number of anilines is 1. The van der Waals surface area contributed by atoms with Crippen LogP contribution in [-0.2, 0) is 11.3 Å². The van der Waals surface area contributed by atoms with Gasteiger partial charge in [-0.05, 0) is 24.6 Å². The van der Waals surface area contributed by atoms with E-state index >= 15 is 0 Å². The van der Waals surface area contributed by atoms with Gasteiger partial charge in [0.25, 0.3) is 5.88 Å². The predicted molar refractivity (Wildman–Crippen MR) is 90.4 cm³/mol. The molecule has 0 saturated carbocycles. The summed E-state index contributed by atoms with van der Waals surface area (Å²) in [6.45, 7) is 2.10. The van der Waals surface area contributed by atoms with Crippen molar-refractivity contribution in [2.75, 3.05) is 5.32 Å². The van der Waals surface area contributed by atoms with E-state index in [-0.39, 0.29) is 11.9 Å². The minimum Gasteiger partial charge on any atom is -0.846 e. The molecule has 0 bridgehead atoms. The number of nitrogens with one attached hydrogen (secondary N) is 3. The van der Waals surface area contributed by atoms with E-state index in [1.807, 2.05) is 36.4 Å². The van der Waals surface area contributed by atoms with Crippen molar-refractivity contribution in [3.05, 3.63) is 78.3 Å². The maximum atomic E-state index is 11.9. The van der Waals surface area contributed by atoms with E-state index in [0.717, 1.165) is 11.4 Å². The summed E-state index contributed by atoms with van der Waals surface area (Å²) in [7, 11) is 0. The number of aliphatic imine (C=N–C) groups is 1. The van der Waals surface area contributed by atoms with Crippen LogP contribution in [0.15, 0.2) is 77.7 Å². The average molecular weight is 324 g/mol. The van der Waals surface area contributed by atoms with Crippen LogP contribution in [0.5, 0.6) is 0 Å². The first-order valence-electron chi connectivity index (χ1n) is 7.84. The van der Waals surface area contributed by atoms with Crippen LogP contribution < -0.4 is 21.0 Å². The van der Waals surface area contributed by atoms with Crippen LogP contribution >= 0.6 is 0 Å². The van der Waals surface area contributed by atoms with Crippen LogP contribution in [0.25, 0.3) is 0 Å². The number of hydrogen-bond acceptors (Lipinski definition) is 4. The monoisotopic (exact) mass is 324 g/mol. The summed E-state index contributed by atoms with van der Waals surface area (Å²) < 4.78 is 0. The first-order chi connectivity index (χ1) is 11.7. The molecular formula is C18H20N4O2. The van der Waals surface area contributed by atoms with Gasteiger partial charge in [-0.15, -0.1) is 0 Å². The summed E-state index contributed by atoms with van der Waals surface area (Å²) >= 11 is 0. The fourth-order valence-corrected chi connectivity index (χ4v) is 2.45. The second-order valence-corrected chi connectivity index (χ2v) is 5.64. The Hall–Kier alpha value is -2.83. The van der Waals surface area contributed by atoms with E-state index in [2.05, 4.69) is 35.0 Å². The summed E-state index contributed by atoms with van der Waals surface area (Å²) in [4.78, 5) is 9.20. The van der Waals surface area contributed by atoms with E-state index in [1.165, 1.54) is 5.56 Å². The van der Waals surface area contributed by atoms with Gasteiger partial charge >= 0.3 is 0 Å². The first-order valence-corrected chi connectivity index (χ1v) is 7.84. The Balaban J connectivity index is 1.59. The van der Waals surface area contributed by atoms with Gasteiger partial charge in [-0.25, -0.2) is 4.99 Å². The second kappa shape index (κ2) is 7.63. The molecule has 0 amide bonds. The number of hydrogen-bond donors (Lipinski definition) is 3. The zero-order valence-corrected chi connectivity index (χ0v) is 13.4. The molecule has 2 unspecified atom stereocenters. The van der Waals surface area contributed by atoms with Gasteiger partial charge in [0.15, 0.2) is 6.20 Å². The predicted octanol–water partition coefficient (Wildman–Crippen LogP) is 0.580. The molecule has 0 aliphatic carbocycles. The largest absolute Gasteiger partial charge is 0.846 e. The van der Waals surface area contributed by atoms with E-state index in [1.54, 1.807) is 18.3 Å². The van der Waals surface area contributed by atoms with E-state index in [0.29, 0.717) is 5.69 Å². The highest BCUT2D eigenvalue weighted by atomic mass is 16.7. The number of nitrogens with zero attached hydrogens (tertiary/aromatic N) is 1. The fraction of sp³-hybridized carbons (Fsp3) is 0.167. The lowest BCUT2D eigenvalue weighted by molar-refractivity contribution is -0.934. The van der Waals surface area contributed by atoms with E-state index < -0.39 is 6.02 Å². The molecule has 124 valence electrons. The van der Waals surface area contributed by atoms with Gasteiger partial charge < -0.3 is 15.3 Å². The molecule has 1 heterocycles. The highest BCUT2D eigenvalue weighted by Gasteiger charge is 2.24. The van der Waals surface area contributed by atoms with E-state index in [4.69, 9.17) is 4.84 Å². The molecule has 2 atom stereocenters. The van der Waals surface area contributed by atoms with Crippen molar-refractivity contribution in [1.29, 1.82) is 0 Å². The molecule has 2 aromatic carbocycles. The molecule has 6 nitrogen and oxygen atoms in total. The molecule has 1 aliphatic rings. The molecule has 6 heteroatoms. The Kier molecular flexibility index (Phi) is 5.10. The summed E-state index contributed by atoms with van der Waals surface area (Å²) in [6, 6.07) is 19.2. The lowest BCUT2D eigenvalue weighted by Crippen LogP contribution is -3.16. The lowest BCUT2D eigenvalue weighted by Gasteiger charge is -2.15. The van der Waals surface area contributed by atoms with Crippen molar-refractivity contribution < 1.29 is 15.0 Å². The van der Waals surface area contributed by atoms with Crippen molar-refractivity contribution in [3.8, 4) is 0 Å². The standard InChI is InChI=1S/C18H20N4O2/c1-14(12-15-8-4-2-5-9-15)22-13-17(24-21-22)20-18(23)19-16-10-6-3-7-11-16/h2-11,13-14,21H,12H2,1H3,(H2,19,20,23). The molecule has 0 saturated heterocycles. The summed E-state index contributed by atoms with van der Waals surface area (Å²) in [5.41, 5.74) is 4.79. The van der Waals surface area contributed by atoms with Crippen molar-refractivity contribution in [3.63, 3.8) is 0 Å². The van der Waals surface area contributed by atoms with Gasteiger partial charge in [0.2, 0.25) is 0 Å². The fourth-order valence-electron chi connectivity index (χ4n) is 2.45. The normalized spacial score (nSPS) is 18.6. The molecule has 3 rings (SSSR count). The number of quaternary nitrogens is 1. The topological polar surface area (TPSA) is 73.2 Å². The molecule has 0 fully saturated rings. The van der Waals surface area contributed by atoms with Crippen LogP contribution in [0.3, 0.4) is 0 Å². The van der Waals surface area contributed by atoms with Crippen molar-refractivity contribution >= 4 is 11.7 Å². The lowest BCUT2D eigenvalue weighted by atomic mass is 10.1. The van der Waals surface area contributed by atoms with Crippen LogP contribution in [0.2, 0.25) is 0 Å². The number of amidine groups is 1. The third kappa shape index (κ3) is 4.34. The van der Waals surface area contributed by atoms with Crippen LogP contribution in [0.1, 0.15) is 12.5 Å². The van der Waals surface area contributed by atoms with Crippen LogP contribution in [0, 0.1) is 0 Å². The van der Waals surface area contributed by atoms with Gasteiger partial charge in [0.1, 0.15) is 6.04 Å². The molecule has 0 aromatic heterocycles. The Bertz CT molecular complexity index is 716. The molecular weight excluding hydrogens is 304 g/mol. The Labute approximate surface area is 141 Å². The molecule has 2 aromatic rings. The number of para-hydroxylation sites is 1. The average Bonchev–Trinajstić information content (AvgIpc) is 3.05. The third-order valence-electron chi connectivity index (χ3n) is 3.70. The van der Waals surface area contributed by atoms with Crippen molar-refractivity contribution in [1.82, 2.24) is 5.59 Å². The quantitative estimate of drug-likeness (QED) is 0.556. The SMILES string of the molecule is CC(Cc1ccccc1)[NH+]1C=C(/N=C(\[O-])Nc2ccccc2)ON1. The van der Waals surface area contributed by atoms with Gasteiger partial charge in [-0.1, -0.05) is 48.5 Å². The molecule has 0 radical (unpaired) electrons. The summed E-state index contributed by atoms with van der Waals surface area (Å²) in [5.74, 6) is 0.262. The molecule has 1 aliphatic heterocycles. The second-order valence-electron chi connectivity index (χ2n) is 5.64. The molecule has 3 N–H and O–H groups in total. The minimum atomic E-state index is -0.466. The number of benzene rings is 2. The zero-order chi connectivity index (χ0) is 16.8. The van der Waals surface area contributed by atoms with Crippen LogP contribution in [0.4, 0.5) is 5.69 Å². The summed E-state index contributed by atoms with van der Waals surface area (Å²) in [5, 5.41) is 15.5. The minimum absolute atomic E-state index is 0.234. The third-order valence-corrected chi connectivity index (χ3v) is 3.70. The van der Waals surface area contributed by atoms with Crippen molar-refractivity contribution in [2.24, 2.45) is 4.99 Å². The Morgan fingerprint density at radius 3 is 2.54 bits per heavy atom. The number of rotatable bonds is 5. The Morgan fingerprint density at radius 1 is 1.17 bits per heavy atom. The molecule has 24 heavy (non-hydrogen) atoms. The van der Waals surface area contributed by atoms with Crippen LogP contribution in [-0.4, -0.2) is 12.1 Å². The smallest absolute Gasteiger partial charge is 0.300 e. The van der Waals surface area contributed by atoms with Gasteiger partial charge in [-0.3, -0.25) is 0 Å². The van der Waals surface area contributed by atoms with E-state index in [9.17, 15) is 5.11 Å². The highest BCUT2D eigenvalue weighted by molar-refractivity contribution is 5.86. The molecule has 0 spiro atoms. The van der Waals surface area contributed by atoms with Gasteiger partial charge in [0.05, 0.1) is 6.02 Å². The maximum Gasteiger partial charge on any atom is 0.300 e. The van der Waals surface area contributed by atoms with Gasteiger partial charge in [-0.2, -0.15) is 5.01 Å². The maximum absolute atomic E-state index is 11.9. The highest BCUT2D eigenvalue weighted by Crippen LogP contribution is 2.06.